The molecule has 1 saturated heterocycles. The van der Waals surface area contributed by atoms with Gasteiger partial charge in [0.25, 0.3) is 5.91 Å². The Morgan fingerprint density at radius 2 is 1.79 bits per heavy atom. The molecule has 2 N–H and O–H groups in total. The number of sulfonamides is 1. The van der Waals surface area contributed by atoms with E-state index in [0.29, 0.717) is 61.5 Å². The average molecular weight is 735 g/mol. The van der Waals surface area contributed by atoms with Gasteiger partial charge in [-0.25, -0.2) is 18.1 Å². The van der Waals surface area contributed by atoms with E-state index in [1.165, 1.54) is 0 Å². The van der Waals surface area contributed by atoms with Crippen LogP contribution in [-0.4, -0.2) is 83.4 Å². The van der Waals surface area contributed by atoms with Crippen LogP contribution in [0.15, 0.2) is 30.5 Å². The Hall–Kier alpha value is -4.20. The average Bonchev–Trinajstić information content (AvgIpc) is 3.98. The molecular formula is C38H50N6O7S. The van der Waals surface area contributed by atoms with E-state index >= 15 is 0 Å². The van der Waals surface area contributed by atoms with E-state index in [1.54, 1.807) is 23.7 Å². The minimum Gasteiger partial charge on any atom is -0.496 e. The van der Waals surface area contributed by atoms with E-state index in [4.69, 9.17) is 19.6 Å². The number of methoxy groups -OCH3 is 1. The molecule has 52 heavy (non-hydrogen) atoms. The van der Waals surface area contributed by atoms with E-state index in [1.807, 2.05) is 37.4 Å². The van der Waals surface area contributed by atoms with Gasteiger partial charge >= 0.3 is 0 Å². The first-order chi connectivity index (χ1) is 24.8. The topological polar surface area (TPSA) is 162 Å². The summed E-state index contributed by atoms with van der Waals surface area (Å²) in [5.41, 5.74) is 1.14. The smallest absolute Gasteiger partial charge is 0.259 e. The summed E-state index contributed by atoms with van der Waals surface area (Å²) in [7, 11) is -0.413. The van der Waals surface area contributed by atoms with Crippen molar-refractivity contribution in [1.82, 2.24) is 29.7 Å². The van der Waals surface area contributed by atoms with Crippen molar-refractivity contribution >= 4 is 38.6 Å². The number of pyridine rings is 1. The van der Waals surface area contributed by atoms with E-state index in [0.717, 1.165) is 42.3 Å². The zero-order valence-electron chi connectivity index (χ0n) is 30.7. The standard InChI is InChI=1S/C38H50N6O7S/c1-22(2)30-15-17-44(41-30)33-20-32(27-13-14-31(50-5)23(3)34(27)39-33)51-25-18-28-29(19-25)36(46)43(4)16-9-7-6-8-10-24-21-38(24,40-35(28)45)37(47)42-52(48,49)26-11-12-26/h13-15,17,20,22,24-26,28-29H,6-12,16,18-19,21H2,1-5H3,(H,40,45)(H,42,47)/t24-,25-,28-,29-,38-/m1/s1. The summed E-state index contributed by atoms with van der Waals surface area (Å²) in [5.74, 6) is -0.831. The highest BCUT2D eigenvalue weighted by Crippen LogP contribution is 2.49. The lowest BCUT2D eigenvalue weighted by Gasteiger charge is -2.27. The van der Waals surface area contributed by atoms with Gasteiger partial charge in [-0.2, -0.15) is 5.10 Å². The summed E-state index contributed by atoms with van der Waals surface area (Å²) in [5, 5.41) is 7.95. The molecule has 0 unspecified atom stereocenters. The van der Waals surface area contributed by atoms with E-state index in [-0.39, 0.29) is 24.2 Å². The Morgan fingerprint density at radius 3 is 2.50 bits per heavy atom. The molecule has 14 heteroatoms. The number of nitrogens with one attached hydrogen (secondary N) is 2. The molecule has 3 saturated carbocycles. The van der Waals surface area contributed by atoms with Crippen LogP contribution in [-0.2, 0) is 24.4 Å². The Kier molecular flexibility index (Phi) is 9.72. The van der Waals surface area contributed by atoms with Crippen LogP contribution in [0, 0.1) is 24.7 Å². The largest absolute Gasteiger partial charge is 0.496 e. The molecule has 13 nitrogen and oxygen atoms in total. The van der Waals surface area contributed by atoms with Gasteiger partial charge in [-0.1, -0.05) is 33.1 Å². The molecule has 0 bridgehead atoms. The maximum Gasteiger partial charge on any atom is 0.259 e. The number of benzene rings is 1. The van der Waals surface area contributed by atoms with Gasteiger partial charge < -0.3 is 19.7 Å². The third kappa shape index (κ3) is 6.97. The lowest BCUT2D eigenvalue weighted by atomic mass is 9.92. The van der Waals surface area contributed by atoms with Crippen LogP contribution in [0.1, 0.15) is 95.2 Å². The minimum atomic E-state index is -3.81. The number of aryl methyl sites for hydroxylation is 1. The molecule has 3 aromatic rings. The summed E-state index contributed by atoms with van der Waals surface area (Å²) < 4.78 is 42.0. The molecule has 1 aromatic carbocycles. The molecule has 2 aromatic heterocycles. The maximum atomic E-state index is 14.3. The Bertz CT molecular complexity index is 1990. The van der Waals surface area contributed by atoms with Gasteiger partial charge in [0.15, 0.2) is 5.82 Å². The van der Waals surface area contributed by atoms with Crippen molar-refractivity contribution in [3.8, 4) is 17.3 Å². The monoisotopic (exact) mass is 734 g/mol. The summed E-state index contributed by atoms with van der Waals surface area (Å²) in [6.45, 7) is 6.68. The number of nitrogens with zero attached hydrogens (tertiary/aromatic N) is 4. The number of carbonyl (C=O) groups is 3. The van der Waals surface area contributed by atoms with Crippen molar-refractivity contribution in [1.29, 1.82) is 0 Å². The second-order valence-electron chi connectivity index (χ2n) is 15.5. The van der Waals surface area contributed by atoms with Crippen LogP contribution in [0.4, 0.5) is 0 Å². The second kappa shape index (κ2) is 14.0. The highest BCUT2D eigenvalue weighted by atomic mass is 32.2. The van der Waals surface area contributed by atoms with Gasteiger partial charge in [-0.15, -0.1) is 0 Å². The van der Waals surface area contributed by atoms with Crippen LogP contribution in [0.5, 0.6) is 11.5 Å². The van der Waals surface area contributed by atoms with Gasteiger partial charge in [-0.3, -0.25) is 19.1 Å². The first kappa shape index (κ1) is 36.2. The lowest BCUT2D eigenvalue weighted by Crippen LogP contribution is -2.54. The van der Waals surface area contributed by atoms with E-state index in [9.17, 15) is 22.8 Å². The molecule has 7 rings (SSSR count). The summed E-state index contributed by atoms with van der Waals surface area (Å²) in [6, 6.07) is 7.57. The molecule has 0 radical (unpaired) electrons. The molecule has 4 aliphatic rings. The van der Waals surface area contributed by atoms with Crippen molar-refractivity contribution in [3.63, 3.8) is 0 Å². The molecule has 280 valence electrons. The predicted molar refractivity (Wildman–Crippen MR) is 195 cm³/mol. The van der Waals surface area contributed by atoms with Crippen molar-refractivity contribution in [2.45, 2.75) is 108 Å². The molecule has 1 aliphatic heterocycles. The summed E-state index contributed by atoms with van der Waals surface area (Å²) in [6.07, 6.45) is 7.58. The number of fused-ring (bicyclic) bond motifs is 3. The third-order valence-electron chi connectivity index (χ3n) is 11.5. The van der Waals surface area contributed by atoms with E-state index in [2.05, 4.69) is 23.9 Å². The fraction of sp³-hybridized carbons (Fsp3) is 0.605. The number of aromatic nitrogens is 3. The minimum absolute atomic E-state index is 0.135. The van der Waals surface area contributed by atoms with Gasteiger partial charge in [0, 0.05) is 36.8 Å². The molecule has 3 heterocycles. The fourth-order valence-corrected chi connectivity index (χ4v) is 9.42. The van der Waals surface area contributed by atoms with Crippen LogP contribution >= 0.6 is 0 Å². The van der Waals surface area contributed by atoms with Crippen molar-refractivity contribution in [2.24, 2.45) is 17.8 Å². The SMILES string of the molecule is COc1ccc2c(O[C@@H]3C[C@H]4C(=O)N[C@]5(C(=O)NS(=O)(=O)C6CC6)C[C@H]5CCCCCCN(C)C(=O)[C@@H]4C3)cc(-n3ccc(C(C)C)n3)nc2c1C. The fourth-order valence-electron chi connectivity index (χ4n) is 8.05. The van der Waals surface area contributed by atoms with Gasteiger partial charge in [0.1, 0.15) is 23.1 Å². The van der Waals surface area contributed by atoms with Crippen LogP contribution in [0.25, 0.3) is 16.7 Å². The quantitative estimate of drug-likeness (QED) is 0.339. The number of carbonyl (C=O) groups excluding carboxylic acids is 3. The first-order valence-electron chi connectivity index (χ1n) is 18.6. The van der Waals surface area contributed by atoms with Crippen molar-refractivity contribution < 1.29 is 32.3 Å². The van der Waals surface area contributed by atoms with Crippen LogP contribution < -0.4 is 19.5 Å². The van der Waals surface area contributed by atoms with Gasteiger partial charge in [-0.05, 0) is 81.9 Å². The number of hydrogen-bond acceptors (Lipinski definition) is 9. The summed E-state index contributed by atoms with van der Waals surface area (Å²) >= 11 is 0. The van der Waals surface area contributed by atoms with E-state index < -0.39 is 50.6 Å². The molecule has 3 amide bonds. The van der Waals surface area contributed by atoms with Gasteiger partial charge in [0.05, 0.1) is 35.4 Å². The normalized spacial score (nSPS) is 27.1. The zero-order valence-corrected chi connectivity index (χ0v) is 31.5. The number of ether oxygens (including phenoxy) is 2. The number of rotatable bonds is 8. The molecule has 0 spiro atoms. The highest BCUT2D eigenvalue weighted by molar-refractivity contribution is 7.91. The predicted octanol–water partition coefficient (Wildman–Crippen LogP) is 4.54. The molecule has 5 atom stereocenters. The van der Waals surface area contributed by atoms with Crippen LogP contribution in [0.2, 0.25) is 0 Å². The molecule has 4 fully saturated rings. The van der Waals surface area contributed by atoms with Crippen LogP contribution in [0.3, 0.4) is 0 Å². The van der Waals surface area contributed by atoms with Crippen molar-refractivity contribution in [2.75, 3.05) is 20.7 Å². The summed E-state index contributed by atoms with van der Waals surface area (Å²) in [4.78, 5) is 48.7. The molecular weight excluding hydrogens is 685 g/mol. The first-order valence-corrected chi connectivity index (χ1v) is 20.2. The zero-order chi connectivity index (χ0) is 36.9. The van der Waals surface area contributed by atoms with Gasteiger partial charge in [0.2, 0.25) is 21.8 Å². The third-order valence-corrected chi connectivity index (χ3v) is 13.3. The van der Waals surface area contributed by atoms with Crippen molar-refractivity contribution in [3.05, 3.63) is 41.7 Å². The Labute approximate surface area is 305 Å². The molecule has 3 aliphatic carbocycles. The Morgan fingerprint density at radius 1 is 1.04 bits per heavy atom. The second-order valence-corrected chi connectivity index (χ2v) is 17.5. The number of hydrogen-bond donors (Lipinski definition) is 2. The maximum absolute atomic E-state index is 14.3. The highest BCUT2D eigenvalue weighted by Gasteiger charge is 2.62. The number of amides is 3. The Balaban J connectivity index is 1.20. The lowest BCUT2D eigenvalue weighted by molar-refractivity contribution is -0.140.